The molecule has 4 aliphatic heterocycles. The molecule has 0 radical (unpaired) electrons. The Morgan fingerprint density at radius 2 is 0.414 bits per heavy atom. The van der Waals surface area contributed by atoms with E-state index in [1.807, 2.05) is 192 Å². The molecule has 0 aliphatic carbocycles. The summed E-state index contributed by atoms with van der Waals surface area (Å²) in [6.45, 7) is 1.11. The number of nitrogens with zero attached hydrogens (tertiary/aromatic N) is 4. The first-order chi connectivity index (χ1) is 62.3. The number of amides is 2. The minimum atomic E-state index is -0.157. The highest BCUT2D eigenvalue weighted by atomic mass is 35.5. The number of hydrogen-bond donors (Lipinski definition) is 6. The summed E-state index contributed by atoms with van der Waals surface area (Å²) in [5, 5.41) is 11.5. The summed E-state index contributed by atoms with van der Waals surface area (Å²) < 4.78 is 0. The van der Waals surface area contributed by atoms with Crippen molar-refractivity contribution in [1.29, 1.82) is 0 Å². The zero-order chi connectivity index (χ0) is 88.4. The van der Waals surface area contributed by atoms with Crippen molar-refractivity contribution >= 4 is 265 Å². The van der Waals surface area contributed by atoms with Gasteiger partial charge in [-0.15, -0.1) is 0 Å². The van der Waals surface area contributed by atoms with E-state index in [1.54, 1.807) is 84.9 Å². The topological polar surface area (TPSA) is 173 Å². The molecule has 128 heavy (non-hydrogen) atoms. The third kappa shape index (κ3) is 18.4. The van der Waals surface area contributed by atoms with E-state index in [0.29, 0.717) is 230 Å². The Morgan fingerprint density at radius 3 is 0.625 bits per heavy atom. The van der Waals surface area contributed by atoms with Crippen molar-refractivity contribution in [3.8, 4) is 89.0 Å². The zero-order valence-corrected chi connectivity index (χ0v) is 78.4. The van der Waals surface area contributed by atoms with Crippen LogP contribution in [0.3, 0.4) is 0 Å². The van der Waals surface area contributed by atoms with Crippen molar-refractivity contribution in [2.45, 2.75) is 51.4 Å². The van der Waals surface area contributed by atoms with Crippen LogP contribution in [0, 0.1) is 0 Å². The number of fused-ring (bicyclic) bond motifs is 16. The molecule has 16 bridgehead atoms. The van der Waals surface area contributed by atoms with Crippen LogP contribution in [0.4, 0.5) is 0 Å². The smallest absolute Gasteiger partial charge is 0.251 e. The van der Waals surface area contributed by atoms with Gasteiger partial charge in [0.15, 0.2) is 0 Å². The van der Waals surface area contributed by atoms with Gasteiger partial charge in [0.05, 0.1) is 106 Å². The Labute approximate surface area is 806 Å². The molecular formula is C102H72Cl12N10O2S2. The van der Waals surface area contributed by atoms with Gasteiger partial charge in [-0.25, -0.2) is 19.9 Å². The van der Waals surface area contributed by atoms with Crippen molar-refractivity contribution in [2.24, 2.45) is 0 Å². The number of aromatic nitrogens is 8. The second kappa shape index (κ2) is 39.4. The molecule has 14 aromatic rings. The largest absolute Gasteiger partial charge is 0.354 e. The van der Waals surface area contributed by atoms with Crippen LogP contribution in [0.25, 0.3) is 182 Å². The molecule has 0 atom stereocenters. The summed E-state index contributed by atoms with van der Waals surface area (Å²) in [7, 11) is 3.83. The number of hydrogen-bond acceptors (Lipinski definition) is 8. The van der Waals surface area contributed by atoms with Crippen LogP contribution in [0.1, 0.15) is 118 Å². The molecule has 18 rings (SSSR count). The van der Waals surface area contributed by atoms with Gasteiger partial charge in [-0.2, -0.15) is 0 Å². The third-order valence-electron chi connectivity index (χ3n) is 22.6. The van der Waals surface area contributed by atoms with E-state index in [0.717, 1.165) is 96.2 Å². The number of aromatic amines is 4. The average molecular weight is 1960 g/mol. The van der Waals surface area contributed by atoms with Gasteiger partial charge in [0, 0.05) is 158 Å². The molecule has 0 saturated heterocycles. The molecular weight excluding hydrogens is 1890 g/mol. The average Bonchev–Trinajstić information content (AvgIpc) is 1.60. The van der Waals surface area contributed by atoms with Crippen molar-refractivity contribution in [1.82, 2.24) is 50.5 Å². The van der Waals surface area contributed by atoms with E-state index in [2.05, 4.69) is 30.6 Å². The number of benzene rings is 8. The number of carbonyl (C=O) groups excluding carboxylic acids is 2. The molecule has 0 fully saturated rings. The molecule has 10 heterocycles. The fourth-order valence-corrected chi connectivity index (χ4v) is 22.4. The lowest BCUT2D eigenvalue weighted by molar-refractivity contribution is 0.0944. The molecule has 6 N–H and O–H groups in total. The van der Waals surface area contributed by atoms with E-state index in [-0.39, 0.29) is 11.8 Å². The minimum absolute atomic E-state index is 0.157. The Morgan fingerprint density at radius 1 is 0.227 bits per heavy atom. The number of carbonyl (C=O) groups is 2. The first-order valence-electron chi connectivity index (χ1n) is 41.3. The van der Waals surface area contributed by atoms with Gasteiger partial charge >= 0.3 is 0 Å². The second-order valence-corrected chi connectivity index (χ2v) is 38.3. The highest BCUT2D eigenvalue weighted by Gasteiger charge is 2.28. The number of nitrogens with one attached hydrogen (secondary N) is 6. The van der Waals surface area contributed by atoms with E-state index in [9.17, 15) is 9.59 Å². The van der Waals surface area contributed by atoms with Crippen LogP contribution in [0.5, 0.6) is 0 Å². The lowest BCUT2D eigenvalue weighted by Gasteiger charge is -2.11. The maximum absolute atomic E-state index is 13.8. The van der Waals surface area contributed by atoms with Crippen LogP contribution >= 0.6 is 161 Å². The lowest BCUT2D eigenvalue weighted by Crippen LogP contribution is -2.24. The maximum atomic E-state index is 13.8. The summed E-state index contributed by atoms with van der Waals surface area (Å²) in [5.74, 6) is 1.79. The summed E-state index contributed by atoms with van der Waals surface area (Å²) in [5.41, 5.74) is 21.8. The van der Waals surface area contributed by atoms with Crippen LogP contribution in [0.15, 0.2) is 206 Å². The first-order valence-corrected chi connectivity index (χ1v) is 48.3. The van der Waals surface area contributed by atoms with E-state index >= 15 is 0 Å². The zero-order valence-electron chi connectivity index (χ0n) is 67.7. The normalized spacial score (nSPS) is 12.1. The summed E-state index contributed by atoms with van der Waals surface area (Å²) in [6, 6.07) is 63.4. The fraction of sp³-hybridized carbons (Fsp3) is 0.118. The predicted molar refractivity (Wildman–Crippen MR) is 548 cm³/mol. The number of H-pyrrole nitrogens is 4. The molecule has 2 amide bonds. The van der Waals surface area contributed by atoms with Crippen molar-refractivity contribution in [2.75, 3.05) is 24.6 Å². The Hall–Kier alpha value is -9.92. The molecule has 0 spiro atoms. The molecule has 6 aromatic heterocycles. The maximum Gasteiger partial charge on any atom is 0.251 e. The van der Waals surface area contributed by atoms with E-state index in [4.69, 9.17) is 159 Å². The quantitative estimate of drug-likeness (QED) is 0.0242. The second-order valence-electron chi connectivity index (χ2n) is 30.7. The van der Waals surface area contributed by atoms with Crippen LogP contribution in [0.2, 0.25) is 60.3 Å². The third-order valence-corrected chi connectivity index (χ3v) is 29.0. The van der Waals surface area contributed by atoms with Gasteiger partial charge < -0.3 is 30.6 Å². The predicted octanol–water partition coefficient (Wildman–Crippen LogP) is 33.5. The molecule has 0 unspecified atom stereocenters. The fourth-order valence-electron chi connectivity index (χ4n) is 16.6. The van der Waals surface area contributed by atoms with Crippen LogP contribution in [-0.2, 0) is 0 Å². The highest BCUT2D eigenvalue weighted by molar-refractivity contribution is 8.76. The van der Waals surface area contributed by atoms with Crippen molar-refractivity contribution < 1.29 is 9.59 Å². The lowest BCUT2D eigenvalue weighted by atomic mass is 10.0. The number of unbranched alkanes of at least 4 members (excludes halogenated alkanes) is 6. The number of rotatable bonds is 25. The van der Waals surface area contributed by atoms with Gasteiger partial charge in [-0.05, 0) is 231 Å². The number of halogens is 12. The van der Waals surface area contributed by atoms with Gasteiger partial charge in [0.2, 0.25) is 0 Å². The summed E-state index contributed by atoms with van der Waals surface area (Å²) in [4.78, 5) is 64.0. The summed E-state index contributed by atoms with van der Waals surface area (Å²) in [6.07, 6.45) is 23.6. The van der Waals surface area contributed by atoms with Crippen molar-refractivity contribution in [3.63, 3.8) is 0 Å². The monoisotopic (exact) mass is 1950 g/mol. The van der Waals surface area contributed by atoms with E-state index in [1.165, 1.54) is 0 Å². The standard InChI is InChI=1S/C102H72Cl12N10O2S2/c103-59-15-9-16-60(104)89(59)95-75-39-35-71(117-75)87(72-36-40-76(118-72)96(90-61(105)17-10-18-62(90)106)80-44-48-84(122-80)99(83-47-43-79(95)121-83)93-67(111)23-13-24-68(93)112)55-27-31-57(32-28-55)101(125)115-51-5-1-3-7-53-127-128-54-8-4-2-6-52-116-102(126)58-33-29-56(30-34-58)88-73-37-41-77(119-73)97(91-63(107)19-11-20-64(91)108)81-45-49-85(123-81)100(94-69(113)25-14-26-70(94)114)86-50-46-82(124-86)98(78-42-38-74(88)120-78)92-65(109)21-12-22-66(92)110/h9-50,117,119,122,124H,1-8,51-54H2,(H,115,125)(H,116,126). The molecule has 0 saturated carbocycles. The van der Waals surface area contributed by atoms with Crippen LogP contribution in [-0.4, -0.2) is 76.3 Å². The Balaban J connectivity index is 0.499. The van der Waals surface area contributed by atoms with Gasteiger partial charge in [0.1, 0.15) is 0 Å². The van der Waals surface area contributed by atoms with Crippen LogP contribution < -0.4 is 10.6 Å². The van der Waals surface area contributed by atoms with Gasteiger partial charge in [0.25, 0.3) is 11.8 Å². The van der Waals surface area contributed by atoms with E-state index < -0.39 is 0 Å². The van der Waals surface area contributed by atoms with Gasteiger partial charge in [-0.3, -0.25) is 9.59 Å². The Bertz CT molecular complexity index is 6670. The molecule has 12 nitrogen and oxygen atoms in total. The summed E-state index contributed by atoms with van der Waals surface area (Å²) >= 11 is 85.1. The Kier molecular flexibility index (Phi) is 27.3. The van der Waals surface area contributed by atoms with Gasteiger partial charge in [-0.1, -0.05) is 247 Å². The molecule has 4 aliphatic rings. The minimum Gasteiger partial charge on any atom is -0.354 e. The molecule has 26 heteroatoms. The molecule has 8 aromatic carbocycles. The highest BCUT2D eigenvalue weighted by Crippen LogP contribution is 2.50. The molecule has 638 valence electrons. The SMILES string of the molecule is O=C(NCCCCCCSSCCCCCCNC(=O)c1ccc(-c2c3nc(c(-c4c(Cl)cccc4Cl)c4ccc([nH]4)c(-c4c(Cl)cccc4Cl)c4nc(c(-c5c(Cl)cccc5Cl)c5ccc2[nH]5)C=C4)C=C3)cc1)c1ccc(-c2c3nc(c(-c4c(Cl)cccc4Cl)c4ccc([nH]4)c(-c4c(Cl)cccc4Cl)c4nc(c(-c5c(Cl)cccc5Cl)c5ccc2[nH]5)C=C4)C=C3)cc1. The van der Waals surface area contributed by atoms with Crippen molar-refractivity contribution in [3.05, 3.63) is 323 Å². The first kappa shape index (κ1) is 88.7.